The van der Waals surface area contributed by atoms with Gasteiger partial charge in [0.05, 0.1) is 4.47 Å². The van der Waals surface area contributed by atoms with Crippen LogP contribution in [0, 0.1) is 5.41 Å². The van der Waals surface area contributed by atoms with E-state index >= 15 is 0 Å². The Labute approximate surface area is 111 Å². The van der Waals surface area contributed by atoms with Crippen LogP contribution in [0.25, 0.3) is 0 Å². The first-order valence-corrected chi connectivity index (χ1v) is 6.23. The molecule has 0 aliphatic heterocycles. The lowest BCUT2D eigenvalue weighted by Crippen LogP contribution is -2.13. The van der Waals surface area contributed by atoms with Crippen molar-refractivity contribution in [2.45, 2.75) is 10.2 Å². The van der Waals surface area contributed by atoms with Crippen LogP contribution in [0.3, 0.4) is 0 Å². The van der Waals surface area contributed by atoms with E-state index in [4.69, 9.17) is 11.1 Å². The third-order valence-corrected chi connectivity index (χ3v) is 3.62. The van der Waals surface area contributed by atoms with Crippen LogP contribution >= 0.6 is 27.7 Å². The van der Waals surface area contributed by atoms with E-state index in [1.54, 1.807) is 18.5 Å². The van der Waals surface area contributed by atoms with Gasteiger partial charge in [0.25, 0.3) is 0 Å². The van der Waals surface area contributed by atoms with E-state index < -0.39 is 0 Å². The largest absolute Gasteiger partial charge is 0.382 e. The fraction of sp³-hybridized carbons (Fsp3) is 0. The predicted molar refractivity (Wildman–Crippen MR) is 69.1 cm³/mol. The molecule has 0 spiro atoms. The van der Waals surface area contributed by atoms with Gasteiger partial charge in [-0.1, -0.05) is 0 Å². The number of nitrogens with two attached hydrogens (primary N) is 1. The summed E-state index contributed by atoms with van der Waals surface area (Å²) in [5.74, 6) is -0.0747. The molecule has 0 radical (unpaired) electrons. The van der Waals surface area contributed by atoms with Crippen LogP contribution in [-0.2, 0) is 0 Å². The Morgan fingerprint density at radius 3 is 2.82 bits per heavy atom. The summed E-state index contributed by atoms with van der Waals surface area (Å²) in [6.07, 6.45) is 3.27. The summed E-state index contributed by atoms with van der Waals surface area (Å²) in [4.78, 5) is 12.4. The van der Waals surface area contributed by atoms with Crippen LogP contribution < -0.4 is 5.73 Å². The molecular formula is C10H8BrN5S. The average molecular weight is 310 g/mol. The number of aromatic nitrogens is 3. The SMILES string of the molecule is N=C(N)c1ccnc(Sc2ncccc2Br)n1. The second kappa shape index (κ2) is 5.24. The van der Waals surface area contributed by atoms with Gasteiger partial charge in [0.15, 0.2) is 5.16 Å². The molecule has 5 nitrogen and oxygen atoms in total. The van der Waals surface area contributed by atoms with Crippen molar-refractivity contribution in [3.8, 4) is 0 Å². The zero-order chi connectivity index (χ0) is 12.3. The molecule has 2 rings (SSSR count). The minimum atomic E-state index is -0.0747. The monoisotopic (exact) mass is 309 g/mol. The van der Waals surface area contributed by atoms with Gasteiger partial charge in [-0.3, -0.25) is 5.41 Å². The maximum Gasteiger partial charge on any atom is 0.194 e. The van der Waals surface area contributed by atoms with Gasteiger partial charge in [0.2, 0.25) is 0 Å². The topological polar surface area (TPSA) is 88.5 Å². The second-order valence-electron chi connectivity index (χ2n) is 3.03. The molecule has 7 heteroatoms. The van der Waals surface area contributed by atoms with E-state index in [-0.39, 0.29) is 5.84 Å². The molecule has 0 fully saturated rings. The summed E-state index contributed by atoms with van der Waals surface area (Å²) in [6.45, 7) is 0. The molecule has 86 valence electrons. The van der Waals surface area contributed by atoms with Crippen LogP contribution in [0.1, 0.15) is 5.69 Å². The molecule has 3 N–H and O–H groups in total. The Morgan fingerprint density at radius 2 is 2.12 bits per heavy atom. The van der Waals surface area contributed by atoms with Gasteiger partial charge in [-0.25, -0.2) is 15.0 Å². The van der Waals surface area contributed by atoms with Gasteiger partial charge in [0, 0.05) is 12.4 Å². The van der Waals surface area contributed by atoms with Crippen molar-refractivity contribution in [1.29, 1.82) is 5.41 Å². The number of halogens is 1. The number of hydrogen-bond donors (Lipinski definition) is 2. The van der Waals surface area contributed by atoms with Gasteiger partial charge < -0.3 is 5.73 Å². The van der Waals surface area contributed by atoms with Crippen LogP contribution in [0.15, 0.2) is 45.2 Å². The summed E-state index contributed by atoms with van der Waals surface area (Å²) in [6, 6.07) is 5.32. The molecule has 2 aromatic rings. The lowest BCUT2D eigenvalue weighted by molar-refractivity contribution is 0.946. The summed E-state index contributed by atoms with van der Waals surface area (Å²) in [5.41, 5.74) is 5.78. The molecule has 0 unspecified atom stereocenters. The van der Waals surface area contributed by atoms with E-state index in [2.05, 4.69) is 30.9 Å². The smallest absolute Gasteiger partial charge is 0.194 e. The van der Waals surface area contributed by atoms with Crippen LogP contribution in [0.4, 0.5) is 0 Å². The maximum absolute atomic E-state index is 7.31. The van der Waals surface area contributed by atoms with E-state index in [1.807, 2.05) is 12.1 Å². The number of pyridine rings is 1. The minimum Gasteiger partial charge on any atom is -0.382 e. The summed E-state index contributed by atoms with van der Waals surface area (Å²) in [7, 11) is 0. The lowest BCUT2D eigenvalue weighted by Gasteiger charge is -2.02. The molecule has 0 aliphatic rings. The number of amidine groups is 1. The normalized spacial score (nSPS) is 10.2. The van der Waals surface area contributed by atoms with Crippen LogP contribution in [-0.4, -0.2) is 20.8 Å². The third-order valence-electron chi connectivity index (χ3n) is 1.82. The van der Waals surface area contributed by atoms with Gasteiger partial charge >= 0.3 is 0 Å². The molecule has 2 heterocycles. The first kappa shape index (κ1) is 12.0. The Balaban J connectivity index is 2.28. The molecule has 2 aromatic heterocycles. The standard InChI is InChI=1S/C10H8BrN5S/c11-6-2-1-4-14-9(6)17-10-15-5-3-7(16-10)8(12)13/h1-5H,(H3,12,13). The van der Waals surface area contributed by atoms with Crippen molar-refractivity contribution < 1.29 is 0 Å². The predicted octanol–water partition coefficient (Wildman–Crippen LogP) is 2.07. The van der Waals surface area contributed by atoms with E-state index in [0.717, 1.165) is 9.50 Å². The molecule has 0 bridgehead atoms. The number of nitrogens with zero attached hydrogens (tertiary/aromatic N) is 3. The Bertz CT molecular complexity index is 560. The molecular weight excluding hydrogens is 302 g/mol. The summed E-state index contributed by atoms with van der Waals surface area (Å²) in [5, 5.41) is 8.59. The number of nitrogens with one attached hydrogen (secondary N) is 1. The average Bonchev–Trinajstić information content (AvgIpc) is 2.32. The van der Waals surface area contributed by atoms with E-state index in [0.29, 0.717) is 10.9 Å². The lowest BCUT2D eigenvalue weighted by atomic mass is 10.4. The maximum atomic E-state index is 7.31. The number of rotatable bonds is 3. The molecule has 0 saturated heterocycles. The molecule has 0 saturated carbocycles. The summed E-state index contributed by atoms with van der Waals surface area (Å²) >= 11 is 4.71. The highest BCUT2D eigenvalue weighted by Gasteiger charge is 2.07. The Hall–Kier alpha value is -1.47. The van der Waals surface area contributed by atoms with Crippen molar-refractivity contribution in [2.75, 3.05) is 0 Å². The molecule has 0 atom stereocenters. The summed E-state index contributed by atoms with van der Waals surface area (Å²) < 4.78 is 0.877. The van der Waals surface area contributed by atoms with Crippen molar-refractivity contribution in [3.05, 3.63) is 40.8 Å². The number of nitrogen functional groups attached to an aromatic ring is 1. The van der Waals surface area contributed by atoms with Gasteiger partial charge in [0.1, 0.15) is 16.6 Å². The van der Waals surface area contributed by atoms with Gasteiger partial charge in [-0.05, 0) is 45.9 Å². The fourth-order valence-electron chi connectivity index (χ4n) is 1.07. The van der Waals surface area contributed by atoms with Crippen molar-refractivity contribution >= 4 is 33.5 Å². The minimum absolute atomic E-state index is 0.0747. The van der Waals surface area contributed by atoms with Crippen molar-refractivity contribution in [2.24, 2.45) is 5.73 Å². The van der Waals surface area contributed by atoms with E-state index in [9.17, 15) is 0 Å². The number of hydrogen-bond acceptors (Lipinski definition) is 5. The van der Waals surface area contributed by atoms with Gasteiger partial charge in [-0.2, -0.15) is 0 Å². The molecule has 0 amide bonds. The van der Waals surface area contributed by atoms with Crippen LogP contribution in [0.5, 0.6) is 0 Å². The highest BCUT2D eigenvalue weighted by Crippen LogP contribution is 2.28. The van der Waals surface area contributed by atoms with E-state index in [1.165, 1.54) is 11.8 Å². The fourth-order valence-corrected chi connectivity index (χ4v) is 2.28. The molecule has 0 aliphatic carbocycles. The van der Waals surface area contributed by atoms with Crippen molar-refractivity contribution in [3.63, 3.8) is 0 Å². The van der Waals surface area contributed by atoms with Crippen LogP contribution in [0.2, 0.25) is 0 Å². The zero-order valence-electron chi connectivity index (χ0n) is 8.59. The Morgan fingerprint density at radius 1 is 1.29 bits per heavy atom. The highest BCUT2D eigenvalue weighted by molar-refractivity contribution is 9.10. The Kier molecular flexibility index (Phi) is 3.70. The molecule has 17 heavy (non-hydrogen) atoms. The quantitative estimate of drug-likeness (QED) is 0.515. The zero-order valence-corrected chi connectivity index (χ0v) is 11.0. The molecule has 0 aromatic carbocycles. The highest BCUT2D eigenvalue weighted by atomic mass is 79.9. The second-order valence-corrected chi connectivity index (χ2v) is 4.84. The van der Waals surface area contributed by atoms with Gasteiger partial charge in [-0.15, -0.1) is 0 Å². The first-order chi connectivity index (χ1) is 8.16. The third kappa shape index (κ3) is 3.01. The van der Waals surface area contributed by atoms with Crippen molar-refractivity contribution in [1.82, 2.24) is 15.0 Å². The first-order valence-electron chi connectivity index (χ1n) is 4.62.